The molecule has 0 aliphatic carbocycles. The minimum Gasteiger partial charge on any atom is -0.451 e. The normalized spacial score (nSPS) is 15.1. The Bertz CT molecular complexity index is 1060. The molecule has 1 amide bonds. The quantitative estimate of drug-likeness (QED) is 0.599. The van der Waals surface area contributed by atoms with Gasteiger partial charge in [0.2, 0.25) is 0 Å². The maximum Gasteiger partial charge on any atom is 0.287 e. The lowest BCUT2D eigenvalue weighted by molar-refractivity contribution is 0.0924. The number of aryl methyl sites for hydroxylation is 1. The highest BCUT2D eigenvalue weighted by Gasteiger charge is 2.20. The van der Waals surface area contributed by atoms with Crippen molar-refractivity contribution in [1.82, 2.24) is 5.32 Å². The predicted molar refractivity (Wildman–Crippen MR) is 114 cm³/mol. The SMILES string of the molecule is Cc1c(C(=O)NCc2ccc(N3CCC(O)CC3)c(F)c2)oc2ccc(Br)cc12. The topological polar surface area (TPSA) is 65.7 Å². The minimum atomic E-state index is -0.329. The van der Waals surface area contributed by atoms with E-state index in [2.05, 4.69) is 21.2 Å². The van der Waals surface area contributed by atoms with E-state index in [9.17, 15) is 14.3 Å². The fraction of sp³-hybridized carbons (Fsp3) is 0.318. The molecule has 0 unspecified atom stereocenters. The van der Waals surface area contributed by atoms with Crippen molar-refractivity contribution in [3.05, 3.63) is 63.6 Å². The number of benzene rings is 2. The van der Waals surface area contributed by atoms with Gasteiger partial charge in [0.15, 0.2) is 5.76 Å². The van der Waals surface area contributed by atoms with Crippen LogP contribution in [0, 0.1) is 12.7 Å². The van der Waals surface area contributed by atoms with Crippen molar-refractivity contribution < 1.29 is 18.7 Å². The van der Waals surface area contributed by atoms with Gasteiger partial charge < -0.3 is 19.7 Å². The zero-order valence-corrected chi connectivity index (χ0v) is 17.6. The van der Waals surface area contributed by atoms with E-state index >= 15 is 0 Å². The van der Waals surface area contributed by atoms with E-state index < -0.39 is 0 Å². The van der Waals surface area contributed by atoms with Gasteiger partial charge >= 0.3 is 0 Å². The van der Waals surface area contributed by atoms with Gasteiger partial charge in [-0.1, -0.05) is 22.0 Å². The number of nitrogens with one attached hydrogen (secondary N) is 1. The maximum atomic E-state index is 14.6. The number of rotatable bonds is 4. The summed E-state index contributed by atoms with van der Waals surface area (Å²) in [5.41, 5.74) is 2.63. The molecule has 1 aromatic heterocycles. The number of carbonyl (C=O) groups excluding carboxylic acids is 1. The highest BCUT2D eigenvalue weighted by Crippen LogP contribution is 2.28. The second-order valence-corrected chi connectivity index (χ2v) is 8.30. The molecule has 1 aliphatic rings. The predicted octanol–water partition coefficient (Wildman–Crippen LogP) is 4.53. The Labute approximate surface area is 176 Å². The van der Waals surface area contributed by atoms with Crippen LogP contribution in [0.25, 0.3) is 11.0 Å². The van der Waals surface area contributed by atoms with Gasteiger partial charge in [0, 0.05) is 35.1 Å². The standard InChI is InChI=1S/C22H22BrFN2O3/c1-13-17-11-15(23)3-5-20(17)29-21(13)22(28)25-12-14-2-4-19(18(24)10-14)26-8-6-16(27)7-9-26/h2-5,10-11,16,27H,6-9,12H2,1H3,(H,25,28). The Kier molecular flexibility index (Phi) is 5.61. The van der Waals surface area contributed by atoms with Crippen molar-refractivity contribution >= 4 is 38.5 Å². The lowest BCUT2D eigenvalue weighted by atomic mass is 10.1. The van der Waals surface area contributed by atoms with Gasteiger partial charge in [-0.15, -0.1) is 0 Å². The molecule has 2 heterocycles. The summed E-state index contributed by atoms with van der Waals surface area (Å²) < 4.78 is 21.2. The monoisotopic (exact) mass is 460 g/mol. The average Bonchev–Trinajstić information content (AvgIpc) is 3.03. The molecule has 0 spiro atoms. The lowest BCUT2D eigenvalue weighted by Gasteiger charge is -2.31. The Morgan fingerprint density at radius 2 is 2.03 bits per heavy atom. The largest absolute Gasteiger partial charge is 0.451 e. The van der Waals surface area contributed by atoms with E-state index in [1.807, 2.05) is 36.1 Å². The molecule has 1 saturated heterocycles. The molecule has 4 rings (SSSR count). The second kappa shape index (κ2) is 8.16. The summed E-state index contributed by atoms with van der Waals surface area (Å²) in [4.78, 5) is 14.5. The number of anilines is 1. The summed E-state index contributed by atoms with van der Waals surface area (Å²) in [5.74, 6) is -0.385. The molecular formula is C22H22BrFN2O3. The number of aliphatic hydroxyl groups excluding tert-OH is 1. The highest BCUT2D eigenvalue weighted by molar-refractivity contribution is 9.10. The summed E-state index contributed by atoms with van der Waals surface area (Å²) in [6.07, 6.45) is 0.988. The molecule has 152 valence electrons. The number of nitrogens with zero attached hydrogens (tertiary/aromatic N) is 1. The van der Waals surface area contributed by atoms with Crippen molar-refractivity contribution in [2.45, 2.75) is 32.4 Å². The van der Waals surface area contributed by atoms with Gasteiger partial charge in [0.05, 0.1) is 11.8 Å². The van der Waals surface area contributed by atoms with E-state index in [0.29, 0.717) is 42.8 Å². The Morgan fingerprint density at radius 1 is 1.28 bits per heavy atom. The summed E-state index contributed by atoms with van der Waals surface area (Å²) in [6, 6.07) is 10.6. The molecule has 29 heavy (non-hydrogen) atoms. The molecule has 1 fully saturated rings. The fourth-order valence-corrected chi connectivity index (χ4v) is 4.06. The number of aliphatic hydroxyl groups is 1. The molecule has 3 aromatic rings. The zero-order chi connectivity index (χ0) is 20.5. The van der Waals surface area contributed by atoms with Crippen LogP contribution in [0.5, 0.6) is 0 Å². The van der Waals surface area contributed by atoms with Crippen molar-refractivity contribution in [2.75, 3.05) is 18.0 Å². The summed E-state index contributed by atoms with van der Waals surface area (Å²) in [5, 5.41) is 13.3. The molecule has 7 heteroatoms. The summed E-state index contributed by atoms with van der Waals surface area (Å²) in [7, 11) is 0. The van der Waals surface area contributed by atoms with Gasteiger partial charge in [0.25, 0.3) is 5.91 Å². The van der Waals surface area contributed by atoms with Crippen LogP contribution >= 0.6 is 15.9 Å². The number of halogens is 2. The molecule has 0 saturated carbocycles. The van der Waals surface area contributed by atoms with Crippen molar-refractivity contribution in [1.29, 1.82) is 0 Å². The number of carbonyl (C=O) groups is 1. The zero-order valence-electron chi connectivity index (χ0n) is 16.0. The smallest absolute Gasteiger partial charge is 0.287 e. The Hall–Kier alpha value is -2.38. The third-order valence-electron chi connectivity index (χ3n) is 5.37. The number of fused-ring (bicyclic) bond motifs is 1. The molecule has 0 bridgehead atoms. The van der Waals surface area contributed by atoms with Crippen LogP contribution in [-0.4, -0.2) is 30.2 Å². The van der Waals surface area contributed by atoms with Crippen LogP contribution in [-0.2, 0) is 6.54 Å². The van der Waals surface area contributed by atoms with Crippen molar-refractivity contribution in [2.24, 2.45) is 0 Å². The molecule has 5 nitrogen and oxygen atoms in total. The number of furan rings is 1. The third kappa shape index (κ3) is 4.16. The Morgan fingerprint density at radius 3 is 2.76 bits per heavy atom. The molecule has 2 N–H and O–H groups in total. The van der Waals surface area contributed by atoms with Crippen molar-refractivity contribution in [3.8, 4) is 0 Å². The van der Waals surface area contributed by atoms with Gasteiger partial charge in [-0.05, 0) is 55.7 Å². The molecule has 0 radical (unpaired) electrons. The van der Waals surface area contributed by atoms with Crippen LogP contribution < -0.4 is 10.2 Å². The Balaban J connectivity index is 1.44. The van der Waals surface area contributed by atoms with E-state index in [4.69, 9.17) is 4.42 Å². The first-order valence-corrected chi connectivity index (χ1v) is 10.4. The van der Waals surface area contributed by atoms with Gasteiger partial charge in [-0.3, -0.25) is 4.79 Å². The van der Waals surface area contributed by atoms with Crippen LogP contribution in [0.3, 0.4) is 0 Å². The van der Waals surface area contributed by atoms with E-state index in [1.54, 1.807) is 6.07 Å². The van der Waals surface area contributed by atoms with Gasteiger partial charge in [0.1, 0.15) is 11.4 Å². The lowest BCUT2D eigenvalue weighted by Crippen LogP contribution is -2.36. The molecule has 0 atom stereocenters. The van der Waals surface area contributed by atoms with Crippen molar-refractivity contribution in [3.63, 3.8) is 0 Å². The summed E-state index contributed by atoms with van der Waals surface area (Å²) in [6.45, 7) is 3.32. The first-order valence-electron chi connectivity index (χ1n) is 9.60. The van der Waals surface area contributed by atoms with E-state index in [0.717, 1.165) is 15.4 Å². The first-order chi connectivity index (χ1) is 13.9. The molecule has 2 aromatic carbocycles. The van der Waals surface area contributed by atoms with Crippen LogP contribution in [0.4, 0.5) is 10.1 Å². The average molecular weight is 461 g/mol. The van der Waals surface area contributed by atoms with E-state index in [-0.39, 0.29) is 30.1 Å². The minimum absolute atomic E-state index is 0.203. The maximum absolute atomic E-state index is 14.6. The highest BCUT2D eigenvalue weighted by atomic mass is 79.9. The number of amides is 1. The second-order valence-electron chi connectivity index (χ2n) is 7.38. The van der Waals surface area contributed by atoms with Crippen LogP contribution in [0.15, 0.2) is 45.3 Å². The molecular weight excluding hydrogens is 439 g/mol. The van der Waals surface area contributed by atoms with E-state index in [1.165, 1.54) is 6.07 Å². The van der Waals surface area contributed by atoms with Crippen LogP contribution in [0.2, 0.25) is 0 Å². The van der Waals surface area contributed by atoms with Crippen LogP contribution in [0.1, 0.15) is 34.5 Å². The number of hydrogen-bond donors (Lipinski definition) is 2. The first kappa shape index (κ1) is 19.9. The third-order valence-corrected chi connectivity index (χ3v) is 5.87. The van der Waals surface area contributed by atoms with Gasteiger partial charge in [-0.25, -0.2) is 4.39 Å². The molecule has 1 aliphatic heterocycles. The summed E-state index contributed by atoms with van der Waals surface area (Å²) >= 11 is 3.42. The fourth-order valence-electron chi connectivity index (χ4n) is 3.70. The number of hydrogen-bond acceptors (Lipinski definition) is 4. The number of piperidine rings is 1. The van der Waals surface area contributed by atoms with Gasteiger partial charge in [-0.2, -0.15) is 0 Å².